The van der Waals surface area contributed by atoms with E-state index in [1.54, 1.807) is 0 Å². The molecule has 0 heterocycles. The van der Waals surface area contributed by atoms with Gasteiger partial charge in [-0.2, -0.15) is 0 Å². The molecule has 0 spiro atoms. The van der Waals surface area contributed by atoms with E-state index < -0.39 is 0 Å². The molecule has 0 atom stereocenters. The van der Waals surface area contributed by atoms with Gasteiger partial charge in [-0.1, -0.05) is 29.8 Å². The first kappa shape index (κ1) is 22.2. The third-order valence-corrected chi connectivity index (χ3v) is 5.01. The highest BCUT2D eigenvalue weighted by molar-refractivity contribution is 5.92. The lowest BCUT2D eigenvalue weighted by Gasteiger charge is -2.14. The molecule has 0 bridgehead atoms. The maximum atomic E-state index is 12.3. The molecule has 0 aliphatic rings. The molecule has 0 fully saturated rings. The standard InChI is InChI=1S/C26H30N2O3/c1-5-30-25-15-21(16-27-22-10-6-18(2)7-11-22)9-13-24(25)31-17-26(29)28-23-12-8-19(3)20(4)14-23/h6-15,27H,5,16-17H2,1-4H3,(H,28,29). The largest absolute Gasteiger partial charge is 0.490 e. The highest BCUT2D eigenvalue weighted by atomic mass is 16.5. The Morgan fingerprint density at radius 3 is 2.26 bits per heavy atom. The average molecular weight is 419 g/mol. The predicted molar refractivity (Wildman–Crippen MR) is 126 cm³/mol. The van der Waals surface area contributed by atoms with Crippen LogP contribution in [0.1, 0.15) is 29.2 Å². The lowest BCUT2D eigenvalue weighted by molar-refractivity contribution is -0.118. The van der Waals surface area contributed by atoms with E-state index in [4.69, 9.17) is 9.47 Å². The van der Waals surface area contributed by atoms with Crippen LogP contribution in [0.3, 0.4) is 0 Å². The lowest BCUT2D eigenvalue weighted by atomic mass is 10.1. The van der Waals surface area contributed by atoms with Crippen LogP contribution in [-0.4, -0.2) is 19.1 Å². The van der Waals surface area contributed by atoms with Crippen molar-refractivity contribution in [1.82, 2.24) is 0 Å². The Morgan fingerprint density at radius 1 is 0.806 bits per heavy atom. The molecular formula is C26H30N2O3. The van der Waals surface area contributed by atoms with Gasteiger partial charge in [0.15, 0.2) is 18.1 Å². The number of benzene rings is 3. The summed E-state index contributed by atoms with van der Waals surface area (Å²) >= 11 is 0. The van der Waals surface area contributed by atoms with Crippen molar-refractivity contribution in [1.29, 1.82) is 0 Å². The molecule has 2 N–H and O–H groups in total. The molecule has 3 rings (SSSR count). The normalized spacial score (nSPS) is 10.5. The molecule has 0 unspecified atom stereocenters. The number of anilines is 2. The van der Waals surface area contributed by atoms with Gasteiger partial charge in [0, 0.05) is 17.9 Å². The number of carbonyl (C=O) groups excluding carboxylic acids is 1. The van der Waals surface area contributed by atoms with Gasteiger partial charge >= 0.3 is 0 Å². The second-order valence-electron chi connectivity index (χ2n) is 7.57. The van der Waals surface area contributed by atoms with Crippen LogP contribution in [0.2, 0.25) is 0 Å². The van der Waals surface area contributed by atoms with Gasteiger partial charge in [0.1, 0.15) is 0 Å². The van der Waals surface area contributed by atoms with Crippen LogP contribution in [0.25, 0.3) is 0 Å². The van der Waals surface area contributed by atoms with Crippen molar-refractivity contribution in [2.45, 2.75) is 34.2 Å². The monoisotopic (exact) mass is 418 g/mol. The fourth-order valence-corrected chi connectivity index (χ4v) is 3.09. The summed E-state index contributed by atoms with van der Waals surface area (Å²) in [7, 11) is 0. The number of aryl methyl sites for hydroxylation is 3. The predicted octanol–water partition coefficient (Wildman–Crippen LogP) is 5.64. The number of rotatable bonds is 9. The van der Waals surface area contributed by atoms with Crippen LogP contribution in [0.5, 0.6) is 11.5 Å². The summed E-state index contributed by atoms with van der Waals surface area (Å²) in [6, 6.07) is 19.9. The van der Waals surface area contributed by atoms with Crippen LogP contribution in [-0.2, 0) is 11.3 Å². The number of amides is 1. The van der Waals surface area contributed by atoms with E-state index in [1.165, 1.54) is 11.1 Å². The summed E-state index contributed by atoms with van der Waals surface area (Å²) in [4.78, 5) is 12.3. The maximum absolute atomic E-state index is 12.3. The summed E-state index contributed by atoms with van der Waals surface area (Å²) in [5.74, 6) is 0.969. The number of nitrogens with one attached hydrogen (secondary N) is 2. The van der Waals surface area contributed by atoms with Crippen molar-refractivity contribution >= 4 is 17.3 Å². The van der Waals surface area contributed by atoms with Gasteiger partial charge < -0.3 is 20.1 Å². The zero-order chi connectivity index (χ0) is 22.2. The molecule has 0 saturated carbocycles. The first-order chi connectivity index (χ1) is 14.9. The molecule has 0 aromatic heterocycles. The highest BCUT2D eigenvalue weighted by Crippen LogP contribution is 2.29. The van der Waals surface area contributed by atoms with Crippen LogP contribution in [0.15, 0.2) is 60.7 Å². The van der Waals surface area contributed by atoms with E-state index in [1.807, 2.05) is 57.2 Å². The van der Waals surface area contributed by atoms with Crippen molar-refractivity contribution < 1.29 is 14.3 Å². The second kappa shape index (κ2) is 10.5. The fraction of sp³-hybridized carbons (Fsp3) is 0.269. The van der Waals surface area contributed by atoms with Crippen molar-refractivity contribution in [3.8, 4) is 11.5 Å². The van der Waals surface area contributed by atoms with Crippen molar-refractivity contribution in [2.24, 2.45) is 0 Å². The van der Waals surface area contributed by atoms with E-state index in [9.17, 15) is 4.79 Å². The molecule has 31 heavy (non-hydrogen) atoms. The molecule has 0 radical (unpaired) electrons. The van der Waals surface area contributed by atoms with E-state index in [0.29, 0.717) is 24.7 Å². The SMILES string of the molecule is CCOc1cc(CNc2ccc(C)cc2)ccc1OCC(=O)Nc1ccc(C)c(C)c1. The van der Waals surface area contributed by atoms with Gasteiger partial charge in [-0.15, -0.1) is 0 Å². The molecule has 0 saturated heterocycles. The topological polar surface area (TPSA) is 59.6 Å². The molecule has 0 aliphatic heterocycles. The van der Waals surface area contributed by atoms with Gasteiger partial charge in [-0.3, -0.25) is 4.79 Å². The molecule has 1 amide bonds. The Bertz CT molecular complexity index is 1030. The van der Waals surface area contributed by atoms with Gasteiger partial charge in [-0.05, 0) is 80.8 Å². The molecule has 0 aliphatic carbocycles. The number of hydrogen-bond acceptors (Lipinski definition) is 4. The van der Waals surface area contributed by atoms with E-state index >= 15 is 0 Å². The molecular weight excluding hydrogens is 388 g/mol. The second-order valence-corrected chi connectivity index (χ2v) is 7.57. The Kier molecular flexibility index (Phi) is 7.55. The van der Waals surface area contributed by atoms with E-state index in [2.05, 4.69) is 41.8 Å². The van der Waals surface area contributed by atoms with Crippen LogP contribution in [0.4, 0.5) is 11.4 Å². The minimum atomic E-state index is -0.212. The smallest absolute Gasteiger partial charge is 0.262 e. The Balaban J connectivity index is 1.60. The zero-order valence-electron chi connectivity index (χ0n) is 18.6. The van der Waals surface area contributed by atoms with Crippen molar-refractivity contribution in [2.75, 3.05) is 23.8 Å². The first-order valence-electron chi connectivity index (χ1n) is 10.5. The fourth-order valence-electron chi connectivity index (χ4n) is 3.09. The molecule has 3 aromatic carbocycles. The van der Waals surface area contributed by atoms with Crippen LogP contribution >= 0.6 is 0 Å². The number of ether oxygens (including phenoxy) is 2. The Labute approximate surface area is 184 Å². The minimum absolute atomic E-state index is 0.0893. The van der Waals surface area contributed by atoms with Crippen molar-refractivity contribution in [3.63, 3.8) is 0 Å². The van der Waals surface area contributed by atoms with Gasteiger partial charge in [0.05, 0.1) is 6.61 Å². The molecule has 3 aromatic rings. The first-order valence-corrected chi connectivity index (χ1v) is 10.5. The Hall–Kier alpha value is -3.47. The summed E-state index contributed by atoms with van der Waals surface area (Å²) in [6.07, 6.45) is 0. The van der Waals surface area contributed by atoms with Crippen LogP contribution in [0, 0.1) is 20.8 Å². The number of carbonyl (C=O) groups is 1. The van der Waals surface area contributed by atoms with Crippen LogP contribution < -0.4 is 20.1 Å². The summed E-state index contributed by atoms with van der Waals surface area (Å²) in [6.45, 7) is 9.14. The zero-order valence-corrected chi connectivity index (χ0v) is 18.6. The third kappa shape index (κ3) is 6.51. The summed E-state index contributed by atoms with van der Waals surface area (Å²) < 4.78 is 11.5. The summed E-state index contributed by atoms with van der Waals surface area (Å²) in [5, 5.41) is 6.27. The van der Waals surface area contributed by atoms with Gasteiger partial charge in [-0.25, -0.2) is 0 Å². The quantitative estimate of drug-likeness (QED) is 0.472. The maximum Gasteiger partial charge on any atom is 0.262 e. The lowest BCUT2D eigenvalue weighted by Crippen LogP contribution is -2.20. The molecule has 162 valence electrons. The minimum Gasteiger partial charge on any atom is -0.490 e. The third-order valence-electron chi connectivity index (χ3n) is 5.01. The van der Waals surface area contributed by atoms with Gasteiger partial charge in [0.2, 0.25) is 0 Å². The molecule has 5 nitrogen and oxygen atoms in total. The summed E-state index contributed by atoms with van der Waals surface area (Å²) in [5.41, 5.74) is 6.44. The number of hydrogen-bond donors (Lipinski definition) is 2. The molecule has 5 heteroatoms. The van der Waals surface area contributed by atoms with E-state index in [-0.39, 0.29) is 12.5 Å². The average Bonchev–Trinajstić information content (AvgIpc) is 2.75. The Morgan fingerprint density at radius 2 is 1.55 bits per heavy atom. The van der Waals surface area contributed by atoms with Crippen molar-refractivity contribution in [3.05, 3.63) is 82.9 Å². The highest BCUT2D eigenvalue weighted by Gasteiger charge is 2.10. The van der Waals surface area contributed by atoms with E-state index in [0.717, 1.165) is 22.5 Å². The van der Waals surface area contributed by atoms with Gasteiger partial charge in [0.25, 0.3) is 5.91 Å².